The molecule has 0 N–H and O–H groups in total. The molecule has 1 aromatic carbocycles. The second-order valence-corrected chi connectivity index (χ2v) is 5.18. The van der Waals surface area contributed by atoms with Crippen LogP contribution < -0.4 is 4.90 Å². The van der Waals surface area contributed by atoms with E-state index in [0.29, 0.717) is 10.7 Å². The van der Waals surface area contributed by atoms with Gasteiger partial charge in [0.2, 0.25) is 0 Å². The Balaban J connectivity index is 2.68. The van der Waals surface area contributed by atoms with Crippen LogP contribution in [0.15, 0.2) is 53.9 Å². The molecule has 0 aliphatic carbocycles. The number of hydrogen-bond acceptors (Lipinski definition) is 5. The molecule has 0 saturated heterocycles. The van der Waals surface area contributed by atoms with Crippen molar-refractivity contribution in [2.75, 3.05) is 19.1 Å². The Morgan fingerprint density at radius 2 is 1.78 bits per heavy atom. The molecule has 5 nitrogen and oxygen atoms in total. The van der Waals surface area contributed by atoms with Gasteiger partial charge in [-0.2, -0.15) is 0 Å². The van der Waals surface area contributed by atoms with Crippen LogP contribution in [0.1, 0.15) is 5.56 Å². The number of allylic oxidation sites excluding steroid dienone is 2. The molecule has 2 rings (SSSR count). The van der Waals surface area contributed by atoms with Gasteiger partial charge in [0.15, 0.2) is 0 Å². The van der Waals surface area contributed by atoms with Gasteiger partial charge in [0.25, 0.3) is 0 Å². The van der Waals surface area contributed by atoms with Crippen LogP contribution in [0, 0.1) is 6.92 Å². The van der Waals surface area contributed by atoms with Crippen molar-refractivity contribution in [2.24, 2.45) is 0 Å². The average Bonchev–Trinajstić information content (AvgIpc) is 2.76. The van der Waals surface area contributed by atoms with E-state index in [0.717, 1.165) is 5.56 Å². The summed E-state index contributed by atoms with van der Waals surface area (Å²) < 4.78 is 9.62. The molecule has 0 bridgehead atoms. The molecule has 1 heterocycles. The van der Waals surface area contributed by atoms with Crippen LogP contribution in [0.5, 0.6) is 0 Å². The maximum absolute atomic E-state index is 12.3. The van der Waals surface area contributed by atoms with E-state index >= 15 is 0 Å². The quantitative estimate of drug-likeness (QED) is 0.795. The largest absolute Gasteiger partial charge is 0.465 e. The summed E-state index contributed by atoms with van der Waals surface area (Å²) in [6.45, 7) is 1.86. The van der Waals surface area contributed by atoms with E-state index in [1.807, 2.05) is 6.92 Å². The molecule has 1 aromatic rings. The summed E-state index contributed by atoms with van der Waals surface area (Å²) in [6.07, 6.45) is 6.56. The van der Waals surface area contributed by atoms with Gasteiger partial charge in [-0.1, -0.05) is 17.7 Å². The third-order valence-corrected chi connectivity index (χ3v) is 3.54. The highest BCUT2D eigenvalue weighted by Crippen LogP contribution is 2.30. The molecule has 0 fully saturated rings. The number of carbonyl (C=O) groups excluding carboxylic acids is 2. The van der Waals surface area contributed by atoms with Crippen molar-refractivity contribution in [3.05, 3.63) is 64.5 Å². The van der Waals surface area contributed by atoms with E-state index < -0.39 is 11.9 Å². The monoisotopic (exact) mass is 333 g/mol. The first-order valence-electron chi connectivity index (χ1n) is 6.80. The summed E-state index contributed by atoms with van der Waals surface area (Å²) in [5, 5.41) is 0.583. The van der Waals surface area contributed by atoms with Crippen molar-refractivity contribution < 1.29 is 19.1 Å². The zero-order valence-electron chi connectivity index (χ0n) is 13.0. The number of hydrogen-bond donors (Lipinski definition) is 0. The summed E-state index contributed by atoms with van der Waals surface area (Å²) in [7, 11) is 2.52. The van der Waals surface area contributed by atoms with Crippen LogP contribution in [0.25, 0.3) is 0 Å². The number of halogens is 1. The van der Waals surface area contributed by atoms with Crippen LogP contribution >= 0.6 is 11.6 Å². The van der Waals surface area contributed by atoms with Gasteiger partial charge in [-0.05, 0) is 42.8 Å². The van der Waals surface area contributed by atoms with E-state index in [2.05, 4.69) is 0 Å². The molecule has 0 atom stereocenters. The Labute approximate surface area is 139 Å². The molecule has 1 aliphatic heterocycles. The number of aryl methyl sites for hydroxylation is 1. The lowest BCUT2D eigenvalue weighted by molar-refractivity contribution is -0.139. The molecule has 0 spiro atoms. The van der Waals surface area contributed by atoms with Gasteiger partial charge in [0.05, 0.1) is 19.8 Å². The Kier molecular flexibility index (Phi) is 5.24. The van der Waals surface area contributed by atoms with Gasteiger partial charge in [-0.25, -0.2) is 9.59 Å². The van der Waals surface area contributed by atoms with E-state index in [1.165, 1.54) is 20.3 Å². The molecular formula is C17H16ClNO4. The van der Waals surface area contributed by atoms with Crippen molar-refractivity contribution in [3.8, 4) is 0 Å². The van der Waals surface area contributed by atoms with Gasteiger partial charge in [0.1, 0.15) is 5.70 Å². The maximum Gasteiger partial charge on any atom is 0.355 e. The van der Waals surface area contributed by atoms with Crippen LogP contribution in [0.4, 0.5) is 5.69 Å². The summed E-state index contributed by atoms with van der Waals surface area (Å²) in [6, 6.07) is 5.25. The van der Waals surface area contributed by atoms with E-state index in [4.69, 9.17) is 21.1 Å². The lowest BCUT2D eigenvalue weighted by atomic mass is 10.1. The van der Waals surface area contributed by atoms with Gasteiger partial charge in [-0.15, -0.1) is 0 Å². The van der Waals surface area contributed by atoms with Gasteiger partial charge in [-0.3, -0.25) is 0 Å². The highest BCUT2D eigenvalue weighted by atomic mass is 35.5. The average molecular weight is 334 g/mol. The Morgan fingerprint density at radius 3 is 2.39 bits per heavy atom. The predicted molar refractivity (Wildman–Crippen MR) is 88.0 cm³/mol. The van der Waals surface area contributed by atoms with E-state index in [-0.39, 0.29) is 11.3 Å². The summed E-state index contributed by atoms with van der Waals surface area (Å²) in [5.41, 5.74) is 1.74. The first-order chi connectivity index (χ1) is 11.0. The number of esters is 2. The van der Waals surface area contributed by atoms with Crippen LogP contribution in [-0.4, -0.2) is 26.2 Å². The minimum absolute atomic E-state index is 0.0785. The molecule has 120 valence electrons. The third-order valence-electron chi connectivity index (χ3n) is 3.31. The second kappa shape index (κ2) is 7.15. The molecule has 0 radical (unpaired) electrons. The topological polar surface area (TPSA) is 55.8 Å². The minimum Gasteiger partial charge on any atom is -0.465 e. The fraction of sp³-hybridized carbons (Fsp3) is 0.176. The molecule has 1 aliphatic rings. The van der Waals surface area contributed by atoms with Crippen molar-refractivity contribution in [1.82, 2.24) is 0 Å². The zero-order chi connectivity index (χ0) is 17.0. The van der Waals surface area contributed by atoms with E-state index in [9.17, 15) is 9.59 Å². The molecule has 23 heavy (non-hydrogen) atoms. The lowest BCUT2D eigenvalue weighted by Gasteiger charge is -2.24. The summed E-state index contributed by atoms with van der Waals surface area (Å²) in [5.74, 6) is -1.27. The molecular weight excluding hydrogens is 318 g/mol. The van der Waals surface area contributed by atoms with Gasteiger partial charge < -0.3 is 14.4 Å². The molecule has 0 saturated carbocycles. The smallest absolute Gasteiger partial charge is 0.355 e. The minimum atomic E-state index is -0.643. The fourth-order valence-electron chi connectivity index (χ4n) is 2.24. The standard InChI is InChI=1S/C17H16ClNO4/c1-11-10-12(18)7-8-14(11)19-9-5-4-6-13(16(20)22-2)15(19)17(21)23-3/h4-10H,1-3H3. The molecule has 6 heteroatoms. The predicted octanol–water partition coefficient (Wildman–Crippen LogP) is 3.14. The number of rotatable bonds is 3. The first kappa shape index (κ1) is 16.8. The van der Waals surface area contributed by atoms with Crippen molar-refractivity contribution in [3.63, 3.8) is 0 Å². The number of anilines is 1. The van der Waals surface area contributed by atoms with Crippen LogP contribution in [0.2, 0.25) is 5.02 Å². The van der Waals surface area contributed by atoms with Gasteiger partial charge >= 0.3 is 11.9 Å². The van der Waals surface area contributed by atoms with Crippen molar-refractivity contribution >= 4 is 29.2 Å². The number of carbonyl (C=O) groups is 2. The number of ether oxygens (including phenoxy) is 2. The highest BCUT2D eigenvalue weighted by molar-refractivity contribution is 6.30. The Hall–Kier alpha value is -2.53. The second-order valence-electron chi connectivity index (χ2n) is 4.75. The number of benzene rings is 1. The Bertz CT molecular complexity index is 734. The van der Waals surface area contributed by atoms with Crippen molar-refractivity contribution in [1.29, 1.82) is 0 Å². The Morgan fingerprint density at radius 1 is 1.09 bits per heavy atom. The van der Waals surface area contributed by atoms with Gasteiger partial charge in [0, 0.05) is 16.9 Å². The normalized spacial score (nSPS) is 13.8. The molecule has 0 amide bonds. The number of methoxy groups -OCH3 is 2. The maximum atomic E-state index is 12.3. The fourth-order valence-corrected chi connectivity index (χ4v) is 2.47. The van der Waals surface area contributed by atoms with Crippen molar-refractivity contribution in [2.45, 2.75) is 6.92 Å². The number of nitrogens with zero attached hydrogens (tertiary/aromatic N) is 1. The first-order valence-corrected chi connectivity index (χ1v) is 7.18. The van der Waals surface area contributed by atoms with Crippen LogP contribution in [0.3, 0.4) is 0 Å². The molecule has 0 unspecified atom stereocenters. The lowest BCUT2D eigenvalue weighted by Crippen LogP contribution is -2.27. The summed E-state index contributed by atoms with van der Waals surface area (Å²) >= 11 is 5.99. The summed E-state index contributed by atoms with van der Waals surface area (Å²) in [4.78, 5) is 25.9. The molecule has 0 aromatic heterocycles. The SMILES string of the molecule is COC(=O)C1=C(C(=O)OC)N(c2ccc(Cl)cc2C)C=CC=C1. The third kappa shape index (κ3) is 3.46. The van der Waals surface area contributed by atoms with Crippen LogP contribution in [-0.2, 0) is 19.1 Å². The highest BCUT2D eigenvalue weighted by Gasteiger charge is 2.28. The van der Waals surface area contributed by atoms with E-state index in [1.54, 1.807) is 41.5 Å². The zero-order valence-corrected chi connectivity index (χ0v) is 13.8.